The minimum atomic E-state index is -0.883. The third kappa shape index (κ3) is 1.78. The number of H-pyrrole nitrogens is 1. The number of hydrogen-bond acceptors (Lipinski definition) is 2. The maximum atomic E-state index is 10.8. The van der Waals surface area contributed by atoms with Gasteiger partial charge in [0.2, 0.25) is 0 Å². The Morgan fingerprint density at radius 3 is 2.93 bits per heavy atom. The summed E-state index contributed by atoms with van der Waals surface area (Å²) in [4.78, 5) is 10.8. The molecule has 14 heavy (non-hydrogen) atoms. The fourth-order valence-electron chi connectivity index (χ4n) is 2.16. The van der Waals surface area contributed by atoms with E-state index in [2.05, 4.69) is 10.2 Å². The normalized spacial score (nSPS) is 17.4. The molecular formula is C10H14N2O2. The first-order valence-corrected chi connectivity index (χ1v) is 5.03. The first-order valence-electron chi connectivity index (χ1n) is 5.03. The van der Waals surface area contributed by atoms with Gasteiger partial charge in [0.05, 0.1) is 6.20 Å². The predicted molar refractivity (Wildman–Crippen MR) is 51.2 cm³/mol. The SMILES string of the molecule is O=C(O)c1cn[nH]c1CC1CCCC1. The van der Waals surface area contributed by atoms with Gasteiger partial charge in [-0.1, -0.05) is 25.7 Å². The van der Waals surface area contributed by atoms with E-state index in [0.29, 0.717) is 11.5 Å². The maximum Gasteiger partial charge on any atom is 0.339 e. The number of carboxylic acid groups (broad SMARTS) is 1. The molecule has 1 heterocycles. The van der Waals surface area contributed by atoms with E-state index >= 15 is 0 Å². The molecule has 1 aliphatic carbocycles. The molecule has 2 rings (SSSR count). The second kappa shape index (κ2) is 3.82. The summed E-state index contributed by atoms with van der Waals surface area (Å²) < 4.78 is 0. The number of nitrogens with one attached hydrogen (secondary N) is 1. The summed E-state index contributed by atoms with van der Waals surface area (Å²) in [6.45, 7) is 0. The van der Waals surface area contributed by atoms with Gasteiger partial charge in [0.15, 0.2) is 0 Å². The van der Waals surface area contributed by atoms with Crippen LogP contribution >= 0.6 is 0 Å². The highest BCUT2D eigenvalue weighted by Crippen LogP contribution is 2.28. The molecule has 0 amide bonds. The van der Waals surface area contributed by atoms with Gasteiger partial charge in [-0.3, -0.25) is 5.10 Å². The van der Waals surface area contributed by atoms with Gasteiger partial charge in [0, 0.05) is 5.69 Å². The molecule has 1 saturated carbocycles. The first-order chi connectivity index (χ1) is 6.77. The van der Waals surface area contributed by atoms with Gasteiger partial charge in [-0.05, 0) is 12.3 Å². The molecular weight excluding hydrogens is 180 g/mol. The number of rotatable bonds is 3. The highest BCUT2D eigenvalue weighted by molar-refractivity contribution is 5.88. The lowest BCUT2D eigenvalue weighted by molar-refractivity contribution is 0.0695. The van der Waals surface area contributed by atoms with Crippen molar-refractivity contribution in [3.63, 3.8) is 0 Å². The molecule has 76 valence electrons. The van der Waals surface area contributed by atoms with Crippen LogP contribution in [0, 0.1) is 5.92 Å². The van der Waals surface area contributed by atoms with Crippen LogP contribution < -0.4 is 0 Å². The highest BCUT2D eigenvalue weighted by Gasteiger charge is 2.20. The standard InChI is InChI=1S/C10H14N2O2/c13-10(14)8-6-11-12-9(8)5-7-3-1-2-4-7/h6-7H,1-5H2,(H,11,12)(H,13,14). The lowest BCUT2D eigenvalue weighted by atomic mass is 10.00. The predicted octanol–water partition coefficient (Wildman–Crippen LogP) is 1.84. The van der Waals surface area contributed by atoms with E-state index in [1.165, 1.54) is 31.9 Å². The molecule has 1 fully saturated rings. The van der Waals surface area contributed by atoms with E-state index < -0.39 is 5.97 Å². The van der Waals surface area contributed by atoms with Crippen molar-refractivity contribution in [2.75, 3.05) is 0 Å². The Labute approximate surface area is 82.3 Å². The van der Waals surface area contributed by atoms with Crippen LogP contribution in [0.15, 0.2) is 6.20 Å². The van der Waals surface area contributed by atoms with Crippen LogP contribution in [0.2, 0.25) is 0 Å². The van der Waals surface area contributed by atoms with Crippen LogP contribution in [0.5, 0.6) is 0 Å². The number of aromatic amines is 1. The molecule has 2 N–H and O–H groups in total. The summed E-state index contributed by atoms with van der Waals surface area (Å²) in [7, 11) is 0. The Hall–Kier alpha value is -1.32. The molecule has 1 aromatic rings. The molecule has 0 radical (unpaired) electrons. The van der Waals surface area contributed by atoms with Crippen molar-refractivity contribution in [1.29, 1.82) is 0 Å². The van der Waals surface area contributed by atoms with Crippen LogP contribution in [0.25, 0.3) is 0 Å². The Balaban J connectivity index is 2.07. The third-order valence-electron chi connectivity index (χ3n) is 2.92. The van der Waals surface area contributed by atoms with E-state index in [9.17, 15) is 4.79 Å². The summed E-state index contributed by atoms with van der Waals surface area (Å²) in [5.41, 5.74) is 1.11. The van der Waals surface area contributed by atoms with Gasteiger partial charge in [-0.2, -0.15) is 5.10 Å². The second-order valence-corrected chi connectivity index (χ2v) is 3.92. The van der Waals surface area contributed by atoms with Crippen LogP contribution in [0.1, 0.15) is 41.7 Å². The van der Waals surface area contributed by atoms with E-state index in [1.807, 2.05) is 0 Å². The quantitative estimate of drug-likeness (QED) is 0.771. The lowest BCUT2D eigenvalue weighted by Gasteiger charge is -2.06. The molecule has 1 aromatic heterocycles. The van der Waals surface area contributed by atoms with Crippen molar-refractivity contribution in [3.8, 4) is 0 Å². The fourth-order valence-corrected chi connectivity index (χ4v) is 2.16. The Bertz CT molecular complexity index is 327. The zero-order valence-corrected chi connectivity index (χ0v) is 7.99. The molecule has 0 atom stereocenters. The average molecular weight is 194 g/mol. The molecule has 0 aliphatic heterocycles. The number of aromatic nitrogens is 2. The summed E-state index contributed by atoms with van der Waals surface area (Å²) in [6.07, 6.45) is 7.23. The van der Waals surface area contributed by atoms with Crippen molar-refractivity contribution in [3.05, 3.63) is 17.5 Å². The van der Waals surface area contributed by atoms with Crippen molar-refractivity contribution in [2.24, 2.45) is 5.92 Å². The summed E-state index contributed by atoms with van der Waals surface area (Å²) in [5, 5.41) is 15.4. The molecule has 4 nitrogen and oxygen atoms in total. The van der Waals surface area contributed by atoms with E-state index in [4.69, 9.17) is 5.11 Å². The van der Waals surface area contributed by atoms with Crippen LogP contribution in [-0.2, 0) is 6.42 Å². The van der Waals surface area contributed by atoms with E-state index in [1.54, 1.807) is 0 Å². The fraction of sp³-hybridized carbons (Fsp3) is 0.600. The van der Waals surface area contributed by atoms with Gasteiger partial charge < -0.3 is 5.11 Å². The van der Waals surface area contributed by atoms with Crippen molar-refractivity contribution in [1.82, 2.24) is 10.2 Å². The van der Waals surface area contributed by atoms with Crippen molar-refractivity contribution in [2.45, 2.75) is 32.1 Å². The smallest absolute Gasteiger partial charge is 0.339 e. The topological polar surface area (TPSA) is 66.0 Å². The van der Waals surface area contributed by atoms with E-state index in [-0.39, 0.29) is 0 Å². The van der Waals surface area contributed by atoms with Crippen molar-refractivity contribution < 1.29 is 9.90 Å². The van der Waals surface area contributed by atoms with Crippen molar-refractivity contribution >= 4 is 5.97 Å². The Kier molecular flexibility index (Phi) is 2.52. The highest BCUT2D eigenvalue weighted by atomic mass is 16.4. The molecule has 0 aromatic carbocycles. The average Bonchev–Trinajstić information content (AvgIpc) is 2.75. The summed E-state index contributed by atoms with van der Waals surface area (Å²) >= 11 is 0. The molecule has 0 bridgehead atoms. The van der Waals surface area contributed by atoms with Gasteiger partial charge in [-0.25, -0.2) is 4.79 Å². The molecule has 0 spiro atoms. The van der Waals surface area contributed by atoms with Crippen LogP contribution in [0.3, 0.4) is 0 Å². The van der Waals surface area contributed by atoms with Crippen LogP contribution in [0.4, 0.5) is 0 Å². The molecule has 0 saturated heterocycles. The van der Waals surface area contributed by atoms with E-state index in [0.717, 1.165) is 12.1 Å². The zero-order chi connectivity index (χ0) is 9.97. The number of carboxylic acids is 1. The van der Waals surface area contributed by atoms with Gasteiger partial charge >= 0.3 is 5.97 Å². The van der Waals surface area contributed by atoms with Gasteiger partial charge in [0.25, 0.3) is 0 Å². The lowest BCUT2D eigenvalue weighted by Crippen LogP contribution is -2.05. The first kappa shape index (κ1) is 9.24. The Morgan fingerprint density at radius 1 is 1.57 bits per heavy atom. The summed E-state index contributed by atoms with van der Waals surface area (Å²) in [5.74, 6) is -0.236. The molecule has 4 heteroatoms. The number of hydrogen-bond donors (Lipinski definition) is 2. The third-order valence-corrected chi connectivity index (χ3v) is 2.92. The van der Waals surface area contributed by atoms with Gasteiger partial charge in [-0.15, -0.1) is 0 Å². The molecule has 1 aliphatic rings. The monoisotopic (exact) mass is 194 g/mol. The number of carbonyl (C=O) groups is 1. The minimum absolute atomic E-state index is 0.330. The number of nitrogens with zero attached hydrogens (tertiary/aromatic N) is 1. The summed E-state index contributed by atoms with van der Waals surface area (Å²) in [6, 6.07) is 0. The molecule has 0 unspecified atom stereocenters. The number of aromatic carboxylic acids is 1. The van der Waals surface area contributed by atoms with Crippen LogP contribution in [-0.4, -0.2) is 21.3 Å². The zero-order valence-electron chi connectivity index (χ0n) is 7.99. The maximum absolute atomic E-state index is 10.8. The second-order valence-electron chi connectivity index (χ2n) is 3.92. The van der Waals surface area contributed by atoms with Gasteiger partial charge in [0.1, 0.15) is 5.56 Å². The largest absolute Gasteiger partial charge is 0.478 e. The Morgan fingerprint density at radius 2 is 2.29 bits per heavy atom. The minimum Gasteiger partial charge on any atom is -0.478 e.